The van der Waals surface area contributed by atoms with E-state index in [1.54, 1.807) is 6.26 Å². The number of carbonyl (C=O) groups excluding carboxylic acids is 1. The van der Waals surface area contributed by atoms with Crippen molar-refractivity contribution in [3.05, 3.63) is 52.9 Å². The van der Waals surface area contributed by atoms with Gasteiger partial charge in [-0.25, -0.2) is 0 Å². The lowest BCUT2D eigenvalue weighted by Gasteiger charge is -2.42. The second-order valence-corrected chi connectivity index (χ2v) is 6.46. The number of fused-ring (bicyclic) bond motifs is 3. The van der Waals surface area contributed by atoms with E-state index in [1.165, 1.54) is 0 Å². The average molecular weight is 332 g/mol. The van der Waals surface area contributed by atoms with E-state index in [4.69, 9.17) is 20.8 Å². The SMILES string of the molecule is CCC(=O)N1c2ccc(Cl)cc2[C@H]2OCC[C@H]2[C@@H]1c1ccco1. The van der Waals surface area contributed by atoms with Crippen molar-refractivity contribution >= 4 is 23.2 Å². The maximum Gasteiger partial charge on any atom is 0.227 e. The summed E-state index contributed by atoms with van der Waals surface area (Å²) in [5.74, 6) is 1.08. The van der Waals surface area contributed by atoms with Crippen LogP contribution in [0.25, 0.3) is 0 Å². The predicted octanol–water partition coefficient (Wildman–Crippen LogP) is 4.51. The Bertz CT molecular complexity index is 728. The summed E-state index contributed by atoms with van der Waals surface area (Å²) in [5, 5.41) is 0.665. The van der Waals surface area contributed by atoms with Crippen LogP contribution in [0.5, 0.6) is 0 Å². The molecule has 1 saturated heterocycles. The maximum atomic E-state index is 12.7. The molecule has 2 aliphatic rings. The zero-order valence-electron chi connectivity index (χ0n) is 12.9. The van der Waals surface area contributed by atoms with E-state index < -0.39 is 0 Å². The summed E-state index contributed by atoms with van der Waals surface area (Å²) in [4.78, 5) is 14.6. The lowest BCUT2D eigenvalue weighted by molar-refractivity contribution is -0.119. The lowest BCUT2D eigenvalue weighted by atomic mass is 9.81. The monoisotopic (exact) mass is 331 g/mol. The first-order chi connectivity index (χ1) is 11.2. The van der Waals surface area contributed by atoms with E-state index in [0.29, 0.717) is 18.1 Å². The molecule has 1 fully saturated rings. The molecule has 5 heteroatoms. The number of hydrogen-bond acceptors (Lipinski definition) is 3. The van der Waals surface area contributed by atoms with Crippen LogP contribution in [0.3, 0.4) is 0 Å². The Labute approximate surface area is 140 Å². The predicted molar refractivity (Wildman–Crippen MR) is 87.5 cm³/mol. The molecule has 1 aromatic heterocycles. The number of rotatable bonds is 2. The molecule has 2 aromatic rings. The molecule has 0 bridgehead atoms. The standard InChI is InChI=1S/C18H18ClNO3/c1-2-16(21)20-14-6-5-11(19)10-13(14)18-12(7-9-23-18)17(20)15-4-3-8-22-15/h3-6,8,10,12,17-18H,2,7,9H2,1H3/t12-,17+,18-/m0/s1. The number of amides is 1. The minimum atomic E-state index is -0.126. The van der Waals surface area contributed by atoms with Crippen LogP contribution in [0.2, 0.25) is 5.02 Å². The van der Waals surface area contributed by atoms with Crippen molar-refractivity contribution in [2.24, 2.45) is 5.92 Å². The highest BCUT2D eigenvalue weighted by Gasteiger charge is 2.48. The summed E-state index contributed by atoms with van der Waals surface area (Å²) in [5.41, 5.74) is 1.88. The molecule has 3 heterocycles. The number of anilines is 1. The Morgan fingerprint density at radius 3 is 3.00 bits per heavy atom. The molecule has 0 unspecified atom stereocenters. The fraction of sp³-hybridized carbons (Fsp3) is 0.389. The molecule has 4 nitrogen and oxygen atoms in total. The van der Waals surface area contributed by atoms with Crippen molar-refractivity contribution in [2.45, 2.75) is 31.9 Å². The number of halogens is 1. The van der Waals surface area contributed by atoms with Crippen molar-refractivity contribution in [3.8, 4) is 0 Å². The largest absolute Gasteiger partial charge is 0.467 e. The quantitative estimate of drug-likeness (QED) is 0.813. The number of furan rings is 1. The van der Waals surface area contributed by atoms with Gasteiger partial charge in [-0.1, -0.05) is 18.5 Å². The van der Waals surface area contributed by atoms with E-state index in [9.17, 15) is 4.79 Å². The van der Waals surface area contributed by atoms with Gasteiger partial charge in [0.2, 0.25) is 5.91 Å². The first-order valence-electron chi connectivity index (χ1n) is 7.97. The molecule has 1 aromatic carbocycles. The van der Waals surface area contributed by atoms with Crippen LogP contribution in [0.4, 0.5) is 5.69 Å². The van der Waals surface area contributed by atoms with Crippen molar-refractivity contribution in [3.63, 3.8) is 0 Å². The summed E-state index contributed by atoms with van der Waals surface area (Å²) in [6.07, 6.45) is 2.96. The number of hydrogen-bond donors (Lipinski definition) is 0. The van der Waals surface area contributed by atoms with Crippen LogP contribution >= 0.6 is 11.6 Å². The molecule has 3 atom stereocenters. The summed E-state index contributed by atoms with van der Waals surface area (Å²) in [6, 6.07) is 9.35. The van der Waals surface area contributed by atoms with Gasteiger partial charge in [-0.3, -0.25) is 4.79 Å². The Kier molecular flexibility index (Phi) is 3.66. The smallest absolute Gasteiger partial charge is 0.227 e. The highest BCUT2D eigenvalue weighted by atomic mass is 35.5. The summed E-state index contributed by atoms with van der Waals surface area (Å²) < 4.78 is 11.7. The second kappa shape index (κ2) is 5.69. The molecule has 0 N–H and O–H groups in total. The van der Waals surface area contributed by atoms with Gasteiger partial charge in [0.05, 0.1) is 18.1 Å². The zero-order chi connectivity index (χ0) is 16.0. The molecule has 4 rings (SSSR count). The highest BCUT2D eigenvalue weighted by molar-refractivity contribution is 6.30. The molecule has 0 saturated carbocycles. The summed E-state index contributed by atoms with van der Waals surface area (Å²) in [6.45, 7) is 2.57. The minimum absolute atomic E-state index is 0.0419. The zero-order valence-corrected chi connectivity index (χ0v) is 13.6. The summed E-state index contributed by atoms with van der Waals surface area (Å²) >= 11 is 6.19. The number of ether oxygens (including phenoxy) is 1. The van der Waals surface area contributed by atoms with Crippen LogP contribution in [0.15, 0.2) is 41.0 Å². The van der Waals surface area contributed by atoms with Crippen molar-refractivity contribution in [2.75, 3.05) is 11.5 Å². The number of benzene rings is 1. The topological polar surface area (TPSA) is 42.7 Å². The van der Waals surface area contributed by atoms with Gasteiger partial charge < -0.3 is 14.1 Å². The first kappa shape index (κ1) is 14.8. The van der Waals surface area contributed by atoms with Gasteiger partial charge in [0.1, 0.15) is 11.8 Å². The third-order valence-corrected chi connectivity index (χ3v) is 5.02. The number of nitrogens with zero attached hydrogens (tertiary/aromatic N) is 1. The van der Waals surface area contributed by atoms with Crippen molar-refractivity contribution in [1.82, 2.24) is 0 Å². The first-order valence-corrected chi connectivity index (χ1v) is 8.35. The molecule has 1 amide bonds. The second-order valence-electron chi connectivity index (χ2n) is 6.02. The molecular formula is C18H18ClNO3. The third kappa shape index (κ3) is 2.28. The van der Waals surface area contributed by atoms with Gasteiger partial charge >= 0.3 is 0 Å². The summed E-state index contributed by atoms with van der Waals surface area (Å²) in [7, 11) is 0. The van der Waals surface area contributed by atoms with Crippen molar-refractivity contribution in [1.29, 1.82) is 0 Å². The lowest BCUT2D eigenvalue weighted by Crippen LogP contribution is -2.43. The van der Waals surface area contributed by atoms with E-state index in [2.05, 4.69) is 0 Å². The fourth-order valence-electron chi connectivity index (χ4n) is 3.82. The van der Waals surface area contributed by atoms with Crippen LogP contribution < -0.4 is 4.90 Å². The van der Waals surface area contributed by atoms with E-state index in [-0.39, 0.29) is 24.0 Å². The van der Waals surface area contributed by atoms with Gasteiger partial charge in [-0.2, -0.15) is 0 Å². The van der Waals surface area contributed by atoms with Gasteiger partial charge in [-0.05, 0) is 36.8 Å². The molecule has 120 valence electrons. The molecular weight excluding hydrogens is 314 g/mol. The van der Waals surface area contributed by atoms with Crippen LogP contribution in [-0.2, 0) is 9.53 Å². The third-order valence-electron chi connectivity index (χ3n) is 4.78. The molecule has 0 radical (unpaired) electrons. The van der Waals surface area contributed by atoms with E-state index in [1.807, 2.05) is 42.2 Å². The molecule has 23 heavy (non-hydrogen) atoms. The Morgan fingerprint density at radius 1 is 1.39 bits per heavy atom. The van der Waals surface area contributed by atoms with Crippen molar-refractivity contribution < 1.29 is 13.9 Å². The van der Waals surface area contributed by atoms with E-state index in [0.717, 1.165) is 23.4 Å². The average Bonchev–Trinajstić information content (AvgIpc) is 3.24. The molecule has 2 aliphatic heterocycles. The van der Waals surface area contributed by atoms with Gasteiger partial charge in [0.15, 0.2) is 0 Å². The van der Waals surface area contributed by atoms with Crippen LogP contribution in [0.1, 0.15) is 43.2 Å². The maximum absolute atomic E-state index is 12.7. The Morgan fingerprint density at radius 2 is 2.26 bits per heavy atom. The van der Waals surface area contributed by atoms with Gasteiger partial charge in [0, 0.05) is 29.5 Å². The Hall–Kier alpha value is -1.78. The minimum Gasteiger partial charge on any atom is -0.467 e. The Balaban J connectivity index is 1.91. The molecule has 0 spiro atoms. The van der Waals surface area contributed by atoms with Crippen LogP contribution in [0, 0.1) is 5.92 Å². The normalized spacial score (nSPS) is 26.0. The molecule has 0 aliphatic carbocycles. The van der Waals surface area contributed by atoms with Crippen LogP contribution in [-0.4, -0.2) is 12.5 Å². The number of carbonyl (C=O) groups is 1. The van der Waals surface area contributed by atoms with Gasteiger partial charge in [-0.15, -0.1) is 0 Å². The van der Waals surface area contributed by atoms with Gasteiger partial charge in [0.25, 0.3) is 0 Å². The fourth-order valence-corrected chi connectivity index (χ4v) is 4.00. The van der Waals surface area contributed by atoms with E-state index >= 15 is 0 Å². The highest BCUT2D eigenvalue weighted by Crippen LogP contribution is 2.53.